The molecule has 0 fully saturated rings. The third-order valence-corrected chi connectivity index (χ3v) is 4.32. The largest absolute Gasteiger partial charge is 0.478 e. The van der Waals surface area contributed by atoms with Crippen LogP contribution in [0.2, 0.25) is 0 Å². The monoisotopic (exact) mass is 357 g/mol. The van der Waals surface area contributed by atoms with Crippen LogP contribution < -0.4 is 0 Å². The van der Waals surface area contributed by atoms with E-state index in [0.29, 0.717) is 5.56 Å². The summed E-state index contributed by atoms with van der Waals surface area (Å²) in [5.41, 5.74) is 4.85. The number of aryl methyl sites for hydroxylation is 1. The number of carbonyl (C=O) groups is 2. The van der Waals surface area contributed by atoms with Crippen LogP contribution in [0.1, 0.15) is 37.4 Å². The number of carbonyl (C=O) groups excluding carboxylic acids is 1. The Kier molecular flexibility index (Phi) is 5.57. The maximum atomic E-state index is 11.9. The Hall–Kier alpha value is -3.53. The van der Waals surface area contributed by atoms with Gasteiger partial charge in [-0.2, -0.15) is 0 Å². The van der Waals surface area contributed by atoms with E-state index >= 15 is 0 Å². The number of nitrogens with zero attached hydrogens (tertiary/aromatic N) is 1. The number of hydrogen-bond acceptors (Lipinski definition) is 2. The van der Waals surface area contributed by atoms with Gasteiger partial charge in [-0.1, -0.05) is 66.7 Å². The van der Waals surface area contributed by atoms with Crippen LogP contribution in [0, 0.1) is 6.92 Å². The second kappa shape index (κ2) is 8.23. The van der Waals surface area contributed by atoms with Crippen molar-refractivity contribution in [1.29, 1.82) is 0 Å². The highest BCUT2D eigenvalue weighted by Crippen LogP contribution is 2.19. The molecule has 1 aliphatic heterocycles. The molecule has 27 heavy (non-hydrogen) atoms. The Bertz CT molecular complexity index is 1010. The molecular formula is C23H19NO3. The van der Waals surface area contributed by atoms with Gasteiger partial charge in [0, 0.05) is 12.0 Å². The van der Waals surface area contributed by atoms with Gasteiger partial charge < -0.3 is 5.11 Å². The number of carboxylic acids is 1. The average Bonchev–Trinajstić information content (AvgIpc) is 2.69. The molecule has 4 rings (SSSR count). The van der Waals surface area contributed by atoms with E-state index < -0.39 is 5.97 Å². The molecule has 1 amide bonds. The predicted octanol–water partition coefficient (Wildman–Crippen LogP) is 4.57. The number of aromatic carboxylic acids is 1. The van der Waals surface area contributed by atoms with Gasteiger partial charge >= 0.3 is 5.97 Å². The summed E-state index contributed by atoms with van der Waals surface area (Å²) in [7, 11) is 0. The Morgan fingerprint density at radius 1 is 0.889 bits per heavy atom. The summed E-state index contributed by atoms with van der Waals surface area (Å²) >= 11 is 0. The van der Waals surface area contributed by atoms with E-state index in [1.54, 1.807) is 25.1 Å². The summed E-state index contributed by atoms with van der Waals surface area (Å²) in [6.07, 6.45) is 0.728. The van der Waals surface area contributed by atoms with Gasteiger partial charge in [0.1, 0.15) is 0 Å². The number of amides is 1. The molecule has 0 atom stereocenters. The molecule has 134 valence electrons. The van der Waals surface area contributed by atoms with Crippen LogP contribution in [0.25, 0.3) is 0 Å². The van der Waals surface area contributed by atoms with Crippen molar-refractivity contribution in [2.24, 2.45) is 4.99 Å². The predicted molar refractivity (Wildman–Crippen MR) is 106 cm³/mol. The molecule has 0 spiro atoms. The molecule has 0 saturated heterocycles. The van der Waals surface area contributed by atoms with Crippen molar-refractivity contribution < 1.29 is 14.7 Å². The van der Waals surface area contributed by atoms with Crippen molar-refractivity contribution in [2.45, 2.75) is 13.3 Å². The van der Waals surface area contributed by atoms with Crippen molar-refractivity contribution in [2.75, 3.05) is 0 Å². The number of fused-ring (bicyclic) bond motifs is 1. The van der Waals surface area contributed by atoms with Crippen LogP contribution >= 0.6 is 0 Å². The normalized spacial score (nSPS) is 12.3. The Morgan fingerprint density at radius 3 is 2.19 bits per heavy atom. The zero-order valence-corrected chi connectivity index (χ0v) is 14.9. The fourth-order valence-corrected chi connectivity index (χ4v) is 2.90. The van der Waals surface area contributed by atoms with E-state index in [0.717, 1.165) is 34.4 Å². The fourth-order valence-electron chi connectivity index (χ4n) is 2.90. The highest BCUT2D eigenvalue weighted by molar-refractivity contribution is 6.15. The first-order valence-electron chi connectivity index (χ1n) is 8.60. The van der Waals surface area contributed by atoms with E-state index in [-0.39, 0.29) is 5.91 Å². The molecule has 1 N–H and O–H groups in total. The number of hydrogen-bond donors (Lipinski definition) is 1. The summed E-state index contributed by atoms with van der Waals surface area (Å²) in [6.45, 7) is 1.78. The van der Waals surface area contributed by atoms with Crippen LogP contribution in [-0.4, -0.2) is 22.7 Å². The number of carboxylic acid groups (broad SMARTS) is 1. The molecule has 1 aliphatic rings. The SMILES string of the molecule is Cc1ccccc1C(=O)O.O=C1N=C(c2ccccc2)Cc2ccccc21. The molecular weight excluding hydrogens is 338 g/mol. The van der Waals surface area contributed by atoms with Crippen molar-refractivity contribution in [3.8, 4) is 0 Å². The molecule has 3 aromatic rings. The zero-order valence-electron chi connectivity index (χ0n) is 14.9. The first kappa shape index (κ1) is 18.3. The third kappa shape index (κ3) is 4.36. The van der Waals surface area contributed by atoms with E-state index in [1.165, 1.54) is 0 Å². The molecule has 0 aliphatic carbocycles. The van der Waals surface area contributed by atoms with Gasteiger partial charge in [0.05, 0.1) is 11.3 Å². The van der Waals surface area contributed by atoms with E-state index in [4.69, 9.17) is 5.11 Å². The van der Waals surface area contributed by atoms with Crippen LogP contribution in [0.15, 0.2) is 83.9 Å². The second-order valence-corrected chi connectivity index (χ2v) is 6.18. The summed E-state index contributed by atoms with van der Waals surface area (Å²) in [6, 6.07) is 24.4. The summed E-state index contributed by atoms with van der Waals surface area (Å²) in [4.78, 5) is 26.5. The lowest BCUT2D eigenvalue weighted by Crippen LogP contribution is -2.17. The highest BCUT2D eigenvalue weighted by atomic mass is 16.4. The summed E-state index contributed by atoms with van der Waals surface area (Å²) < 4.78 is 0. The van der Waals surface area contributed by atoms with Crippen LogP contribution in [0.5, 0.6) is 0 Å². The molecule has 0 saturated carbocycles. The highest BCUT2D eigenvalue weighted by Gasteiger charge is 2.19. The second-order valence-electron chi connectivity index (χ2n) is 6.18. The molecule has 0 radical (unpaired) electrons. The molecule has 3 aromatic carbocycles. The van der Waals surface area contributed by atoms with Gasteiger partial charge in [-0.3, -0.25) is 4.79 Å². The molecule has 4 nitrogen and oxygen atoms in total. The lowest BCUT2D eigenvalue weighted by atomic mass is 9.95. The van der Waals surface area contributed by atoms with Gasteiger partial charge in [-0.15, -0.1) is 0 Å². The lowest BCUT2D eigenvalue weighted by molar-refractivity contribution is 0.0696. The van der Waals surface area contributed by atoms with Crippen LogP contribution in [0.4, 0.5) is 0 Å². The lowest BCUT2D eigenvalue weighted by Gasteiger charge is -2.14. The zero-order chi connectivity index (χ0) is 19.2. The Balaban J connectivity index is 0.000000180. The van der Waals surface area contributed by atoms with E-state index in [9.17, 15) is 9.59 Å². The molecule has 0 unspecified atom stereocenters. The fraction of sp³-hybridized carbons (Fsp3) is 0.0870. The molecule has 0 bridgehead atoms. The average molecular weight is 357 g/mol. The van der Waals surface area contributed by atoms with Gasteiger partial charge in [-0.05, 0) is 35.7 Å². The van der Waals surface area contributed by atoms with Gasteiger partial charge in [0.25, 0.3) is 5.91 Å². The minimum Gasteiger partial charge on any atom is -0.478 e. The topological polar surface area (TPSA) is 66.7 Å². The maximum absolute atomic E-state index is 11.9. The Labute approximate surface area is 157 Å². The number of rotatable bonds is 2. The number of benzene rings is 3. The van der Waals surface area contributed by atoms with Gasteiger partial charge in [-0.25, -0.2) is 9.79 Å². The number of aliphatic imine (C=N–C) groups is 1. The minimum absolute atomic E-state index is 0.134. The van der Waals surface area contributed by atoms with E-state index in [2.05, 4.69) is 4.99 Å². The van der Waals surface area contributed by atoms with E-state index in [1.807, 2.05) is 60.7 Å². The van der Waals surface area contributed by atoms with Crippen molar-refractivity contribution in [1.82, 2.24) is 0 Å². The van der Waals surface area contributed by atoms with Crippen LogP contribution in [0.3, 0.4) is 0 Å². The standard InChI is InChI=1S/C15H11NO.C8H8O2/c17-15-13-9-5-4-8-12(13)10-14(16-15)11-6-2-1-3-7-11;1-6-4-2-3-5-7(6)8(9)10/h1-9H,10H2;2-5H,1H3,(H,9,10). The van der Waals surface area contributed by atoms with Gasteiger partial charge in [0.2, 0.25) is 0 Å². The molecule has 0 aromatic heterocycles. The summed E-state index contributed by atoms with van der Waals surface area (Å²) in [5.74, 6) is -0.996. The van der Waals surface area contributed by atoms with Crippen molar-refractivity contribution in [3.05, 3.63) is 107 Å². The van der Waals surface area contributed by atoms with Gasteiger partial charge in [0.15, 0.2) is 0 Å². The summed E-state index contributed by atoms with van der Waals surface area (Å²) in [5, 5.41) is 8.57. The van der Waals surface area contributed by atoms with Crippen molar-refractivity contribution >= 4 is 17.6 Å². The molecule has 4 heteroatoms. The first-order valence-corrected chi connectivity index (χ1v) is 8.60. The quantitative estimate of drug-likeness (QED) is 0.731. The maximum Gasteiger partial charge on any atom is 0.335 e. The third-order valence-electron chi connectivity index (χ3n) is 4.32. The smallest absolute Gasteiger partial charge is 0.335 e. The van der Waals surface area contributed by atoms with Crippen molar-refractivity contribution in [3.63, 3.8) is 0 Å². The Morgan fingerprint density at radius 2 is 1.52 bits per heavy atom. The van der Waals surface area contributed by atoms with Crippen LogP contribution in [-0.2, 0) is 6.42 Å². The molecule has 1 heterocycles. The first-order chi connectivity index (χ1) is 13.1. The minimum atomic E-state index is -0.863.